The summed E-state index contributed by atoms with van der Waals surface area (Å²) in [5.74, 6) is 1.34. The van der Waals surface area contributed by atoms with Crippen LogP contribution in [0.1, 0.15) is 18.7 Å². The van der Waals surface area contributed by atoms with Gasteiger partial charge in [0, 0.05) is 49.4 Å². The topological polar surface area (TPSA) is 64.8 Å². The number of β-amino-alcohol motifs (C(OH)–C–C–N with tert-alkyl or cyclic N) is 1. The van der Waals surface area contributed by atoms with Crippen molar-refractivity contribution < 1.29 is 9.90 Å². The number of hydrogen-bond acceptors (Lipinski definition) is 5. The van der Waals surface area contributed by atoms with Crippen LogP contribution in [0.5, 0.6) is 0 Å². The number of piperazine rings is 1. The fraction of sp³-hybridized carbons (Fsp3) is 0.462. The van der Waals surface area contributed by atoms with Crippen molar-refractivity contribution >= 4 is 32.9 Å². The maximum Gasteiger partial charge on any atom is 0.227 e. The summed E-state index contributed by atoms with van der Waals surface area (Å²) in [6.45, 7) is 6.56. The quantitative estimate of drug-likeness (QED) is 0.535. The van der Waals surface area contributed by atoms with E-state index >= 15 is 0 Å². The van der Waals surface area contributed by atoms with Gasteiger partial charge in [-0.2, -0.15) is 0 Å². The molecule has 0 saturated carbocycles. The van der Waals surface area contributed by atoms with Gasteiger partial charge in [-0.3, -0.25) is 19.2 Å². The number of benzene rings is 2. The number of hydrogen-bond donors (Lipinski definition) is 1. The summed E-state index contributed by atoms with van der Waals surface area (Å²) in [6, 6.07) is 16.6. The number of aliphatic hydroxyl groups excluding tert-OH is 1. The lowest BCUT2D eigenvalue weighted by Gasteiger charge is -2.38. The predicted molar refractivity (Wildman–Crippen MR) is 137 cm³/mol. The van der Waals surface area contributed by atoms with Crippen LogP contribution in [0.4, 0.5) is 0 Å². The minimum absolute atomic E-state index is 0.0450. The Morgan fingerprint density at radius 2 is 1.76 bits per heavy atom. The Morgan fingerprint density at radius 3 is 2.53 bits per heavy atom. The summed E-state index contributed by atoms with van der Waals surface area (Å²) in [6.07, 6.45) is 1.98. The molecule has 180 valence electrons. The van der Waals surface area contributed by atoms with Gasteiger partial charge in [-0.1, -0.05) is 28.1 Å². The first-order chi connectivity index (χ1) is 16.6. The minimum atomic E-state index is 0.0450. The van der Waals surface area contributed by atoms with Gasteiger partial charge in [0.2, 0.25) is 5.91 Å². The number of aromatic nitrogens is 2. The number of carbonyl (C=O) groups is 1. The van der Waals surface area contributed by atoms with Crippen LogP contribution in [-0.4, -0.2) is 87.7 Å². The predicted octanol–water partition coefficient (Wildman–Crippen LogP) is 3.14. The van der Waals surface area contributed by atoms with Crippen molar-refractivity contribution in [1.82, 2.24) is 24.3 Å². The molecule has 1 N–H and O–H groups in total. The first-order valence-corrected chi connectivity index (χ1v) is 13.0. The van der Waals surface area contributed by atoms with E-state index in [-0.39, 0.29) is 18.4 Å². The summed E-state index contributed by atoms with van der Waals surface area (Å²) in [5, 5.41) is 9.16. The van der Waals surface area contributed by atoms with Crippen molar-refractivity contribution in [1.29, 1.82) is 0 Å². The lowest BCUT2D eigenvalue weighted by molar-refractivity contribution is -0.139. The molecular weight excluding hydrogens is 494 g/mol. The Bertz CT molecular complexity index is 1120. The number of amides is 1. The van der Waals surface area contributed by atoms with Gasteiger partial charge in [-0.15, -0.1) is 0 Å². The number of halogens is 1. The van der Waals surface area contributed by atoms with Crippen LogP contribution in [0, 0.1) is 5.92 Å². The molecule has 1 amide bonds. The van der Waals surface area contributed by atoms with Crippen molar-refractivity contribution in [2.24, 2.45) is 5.92 Å². The molecule has 3 aromatic rings. The van der Waals surface area contributed by atoms with Gasteiger partial charge < -0.3 is 10.0 Å². The monoisotopic (exact) mass is 525 g/mol. The molecule has 2 fully saturated rings. The molecule has 34 heavy (non-hydrogen) atoms. The zero-order chi connectivity index (χ0) is 23.5. The zero-order valence-corrected chi connectivity index (χ0v) is 21.0. The first-order valence-electron chi connectivity index (χ1n) is 12.2. The van der Waals surface area contributed by atoms with E-state index in [1.807, 2.05) is 11.0 Å². The van der Waals surface area contributed by atoms with Crippen molar-refractivity contribution in [2.45, 2.75) is 19.4 Å². The fourth-order valence-electron chi connectivity index (χ4n) is 5.25. The molecule has 2 aliphatic heterocycles. The Balaban J connectivity index is 1.31. The third kappa shape index (κ3) is 5.05. The molecule has 2 aliphatic rings. The maximum absolute atomic E-state index is 13.3. The van der Waals surface area contributed by atoms with Gasteiger partial charge >= 0.3 is 0 Å². The van der Waals surface area contributed by atoms with E-state index < -0.39 is 0 Å². The van der Waals surface area contributed by atoms with Crippen molar-refractivity contribution in [3.05, 3.63) is 58.8 Å². The highest BCUT2D eigenvalue weighted by Gasteiger charge is 2.31. The molecule has 0 unspecified atom stereocenters. The molecule has 0 radical (unpaired) electrons. The van der Waals surface area contributed by atoms with Crippen LogP contribution in [0.2, 0.25) is 0 Å². The van der Waals surface area contributed by atoms with Crippen molar-refractivity contribution in [3.8, 4) is 5.69 Å². The van der Waals surface area contributed by atoms with Crippen LogP contribution in [-0.2, 0) is 11.3 Å². The number of aliphatic hydroxyl groups is 1. The van der Waals surface area contributed by atoms with Crippen LogP contribution in [0.3, 0.4) is 0 Å². The van der Waals surface area contributed by atoms with E-state index in [9.17, 15) is 4.79 Å². The fourth-order valence-corrected chi connectivity index (χ4v) is 5.52. The van der Waals surface area contributed by atoms with Gasteiger partial charge in [0.25, 0.3) is 0 Å². The second-order valence-corrected chi connectivity index (χ2v) is 10.2. The van der Waals surface area contributed by atoms with E-state index in [2.05, 4.69) is 72.8 Å². The van der Waals surface area contributed by atoms with Gasteiger partial charge in [0.15, 0.2) is 0 Å². The Kier molecular flexibility index (Phi) is 7.29. The number of likely N-dealkylation sites (tertiary alicyclic amines) is 1. The zero-order valence-electron chi connectivity index (χ0n) is 19.4. The van der Waals surface area contributed by atoms with Crippen LogP contribution in [0.15, 0.2) is 53.0 Å². The van der Waals surface area contributed by atoms with Crippen LogP contribution < -0.4 is 0 Å². The summed E-state index contributed by atoms with van der Waals surface area (Å²) < 4.78 is 3.30. The lowest BCUT2D eigenvalue weighted by Crippen LogP contribution is -2.52. The Hall–Kier alpha value is -2.26. The van der Waals surface area contributed by atoms with E-state index in [4.69, 9.17) is 10.1 Å². The maximum atomic E-state index is 13.3. The van der Waals surface area contributed by atoms with E-state index in [0.717, 1.165) is 85.7 Å². The molecule has 2 saturated heterocycles. The van der Waals surface area contributed by atoms with Crippen molar-refractivity contribution in [2.75, 3.05) is 52.4 Å². The third-order valence-corrected chi connectivity index (χ3v) is 7.56. The number of imidazole rings is 1. The number of nitrogens with zero attached hydrogens (tertiary/aromatic N) is 5. The standard InChI is InChI=1S/C26H32BrN5O2/c27-21-7-9-22(10-8-21)32-24-6-2-1-5-23(24)28-25(32)19-30-11-3-4-20(18-30)26(34)31-14-12-29(13-15-31)16-17-33/h1-2,5-10,20,33H,3-4,11-19H2/t20-/m0/s1. The summed E-state index contributed by atoms with van der Waals surface area (Å²) in [4.78, 5) is 24.9. The molecule has 0 spiro atoms. The lowest BCUT2D eigenvalue weighted by atomic mass is 9.96. The second kappa shape index (κ2) is 10.6. The smallest absolute Gasteiger partial charge is 0.227 e. The van der Waals surface area contributed by atoms with E-state index in [1.54, 1.807) is 0 Å². The molecule has 8 heteroatoms. The molecule has 5 rings (SSSR count). The minimum Gasteiger partial charge on any atom is -0.395 e. The number of piperidine rings is 1. The second-order valence-electron chi connectivity index (χ2n) is 9.29. The Morgan fingerprint density at radius 1 is 1.00 bits per heavy atom. The van der Waals surface area contributed by atoms with Gasteiger partial charge in [-0.25, -0.2) is 4.98 Å². The highest BCUT2D eigenvalue weighted by Crippen LogP contribution is 2.26. The van der Waals surface area contributed by atoms with Gasteiger partial charge in [0.1, 0.15) is 5.82 Å². The van der Waals surface area contributed by atoms with E-state index in [0.29, 0.717) is 6.54 Å². The molecule has 1 aromatic heterocycles. The number of fused-ring (bicyclic) bond motifs is 1. The summed E-state index contributed by atoms with van der Waals surface area (Å²) in [5.41, 5.74) is 3.19. The molecule has 1 atom stereocenters. The number of para-hydroxylation sites is 2. The van der Waals surface area contributed by atoms with Crippen molar-refractivity contribution in [3.63, 3.8) is 0 Å². The molecule has 0 aliphatic carbocycles. The summed E-state index contributed by atoms with van der Waals surface area (Å²) in [7, 11) is 0. The largest absolute Gasteiger partial charge is 0.395 e. The van der Waals surface area contributed by atoms with E-state index in [1.165, 1.54) is 0 Å². The average Bonchev–Trinajstić information content (AvgIpc) is 3.23. The number of rotatable bonds is 6. The average molecular weight is 526 g/mol. The van der Waals surface area contributed by atoms with Gasteiger partial charge in [0.05, 0.1) is 30.1 Å². The van der Waals surface area contributed by atoms with Crippen LogP contribution in [0.25, 0.3) is 16.7 Å². The van der Waals surface area contributed by atoms with Gasteiger partial charge in [-0.05, 0) is 55.8 Å². The molecule has 2 aromatic carbocycles. The SMILES string of the molecule is O=C([C@H]1CCCN(Cc2nc3ccccc3n2-c2ccc(Br)cc2)C1)N1CCN(CCO)CC1. The molecule has 0 bridgehead atoms. The first kappa shape index (κ1) is 23.5. The molecule has 7 nitrogen and oxygen atoms in total. The third-order valence-electron chi connectivity index (χ3n) is 7.04. The molecule has 3 heterocycles. The van der Waals surface area contributed by atoms with Crippen LogP contribution >= 0.6 is 15.9 Å². The summed E-state index contributed by atoms with van der Waals surface area (Å²) >= 11 is 3.54. The normalized spacial score (nSPS) is 20.2. The Labute approximate surface area is 209 Å². The highest BCUT2D eigenvalue weighted by atomic mass is 79.9. The highest BCUT2D eigenvalue weighted by molar-refractivity contribution is 9.10. The molecular formula is C26H32BrN5O2. The number of carbonyl (C=O) groups excluding carboxylic acids is 1.